The quantitative estimate of drug-likeness (QED) is 0.719. The lowest BCUT2D eigenvalue weighted by Gasteiger charge is -2.22. The molecule has 1 atom stereocenters. The van der Waals surface area contributed by atoms with E-state index in [0.29, 0.717) is 4.90 Å². The van der Waals surface area contributed by atoms with Crippen LogP contribution >= 0.6 is 11.3 Å². The first-order valence-corrected chi connectivity index (χ1v) is 11.2. The number of para-hydroxylation sites is 1. The van der Waals surface area contributed by atoms with Crippen LogP contribution in [0.5, 0.6) is 0 Å². The number of rotatable bonds is 4. The van der Waals surface area contributed by atoms with E-state index in [0.717, 1.165) is 35.3 Å². The van der Waals surface area contributed by atoms with Crippen LogP contribution in [0.1, 0.15) is 27.6 Å². The largest absolute Gasteiger partial charge is 0.306 e. The number of hydrogen-bond acceptors (Lipinski definition) is 4. The van der Waals surface area contributed by atoms with Crippen LogP contribution in [-0.4, -0.2) is 22.0 Å². The number of fused-ring (bicyclic) bond motifs is 2. The molecule has 3 aromatic rings. The SMILES string of the molecule is Cc1ccc2c(c1)S(=O)(=O)N(C)c1ccccc1C2NCCc1cccs1. The number of thiophene rings is 1. The number of benzene rings is 2. The maximum Gasteiger partial charge on any atom is 0.264 e. The van der Waals surface area contributed by atoms with Crippen molar-refractivity contribution in [3.05, 3.63) is 81.5 Å². The zero-order valence-corrected chi connectivity index (χ0v) is 17.0. The smallest absolute Gasteiger partial charge is 0.264 e. The zero-order valence-electron chi connectivity index (χ0n) is 15.3. The van der Waals surface area contributed by atoms with E-state index in [4.69, 9.17) is 0 Å². The number of nitrogens with zero attached hydrogens (tertiary/aromatic N) is 1. The lowest BCUT2D eigenvalue weighted by atomic mass is 9.96. The van der Waals surface area contributed by atoms with Crippen LogP contribution in [0.4, 0.5) is 5.69 Å². The molecule has 0 saturated carbocycles. The van der Waals surface area contributed by atoms with Gasteiger partial charge in [-0.2, -0.15) is 0 Å². The molecule has 1 aromatic heterocycles. The summed E-state index contributed by atoms with van der Waals surface area (Å²) in [6, 6.07) is 17.5. The van der Waals surface area contributed by atoms with E-state index in [1.54, 1.807) is 24.5 Å². The third-order valence-electron chi connectivity index (χ3n) is 5.01. The summed E-state index contributed by atoms with van der Waals surface area (Å²) in [4.78, 5) is 1.70. The van der Waals surface area contributed by atoms with Gasteiger partial charge in [0.15, 0.2) is 0 Å². The molecule has 140 valence electrons. The minimum atomic E-state index is -3.60. The summed E-state index contributed by atoms with van der Waals surface area (Å²) in [7, 11) is -1.97. The molecule has 4 rings (SSSR count). The van der Waals surface area contributed by atoms with Gasteiger partial charge in [-0.1, -0.05) is 36.4 Å². The first kappa shape index (κ1) is 18.2. The second-order valence-electron chi connectivity index (χ2n) is 6.79. The summed E-state index contributed by atoms with van der Waals surface area (Å²) >= 11 is 1.74. The van der Waals surface area contributed by atoms with Crippen molar-refractivity contribution in [3.8, 4) is 0 Å². The fourth-order valence-corrected chi connectivity index (χ4v) is 5.83. The molecular weight excluding hydrogens is 376 g/mol. The monoisotopic (exact) mass is 398 g/mol. The molecule has 27 heavy (non-hydrogen) atoms. The van der Waals surface area contributed by atoms with Gasteiger partial charge >= 0.3 is 0 Å². The molecule has 1 N–H and O–H groups in total. The molecule has 0 radical (unpaired) electrons. The van der Waals surface area contributed by atoms with Gasteiger partial charge in [-0.25, -0.2) is 8.42 Å². The molecule has 2 aromatic carbocycles. The molecule has 1 aliphatic rings. The number of nitrogens with one attached hydrogen (secondary N) is 1. The lowest BCUT2D eigenvalue weighted by molar-refractivity contribution is 0.586. The maximum absolute atomic E-state index is 13.2. The standard InChI is InChI=1S/C21H22N2O2S2/c1-15-9-10-18-20(14-15)27(24,25)23(2)19-8-4-3-7-17(19)21(18)22-12-11-16-6-5-13-26-16/h3-10,13-14,21-22H,11-12H2,1-2H3. The van der Waals surface area contributed by atoms with Gasteiger partial charge in [0.05, 0.1) is 16.6 Å². The van der Waals surface area contributed by atoms with Crippen LogP contribution in [0.3, 0.4) is 0 Å². The second-order valence-corrected chi connectivity index (χ2v) is 9.76. The molecule has 6 heteroatoms. The van der Waals surface area contributed by atoms with Gasteiger partial charge < -0.3 is 5.32 Å². The number of anilines is 1. The molecule has 0 saturated heterocycles. The Balaban J connectivity index is 1.80. The van der Waals surface area contributed by atoms with Crippen molar-refractivity contribution >= 4 is 27.0 Å². The van der Waals surface area contributed by atoms with Gasteiger partial charge in [0.1, 0.15) is 0 Å². The fourth-order valence-electron chi connectivity index (χ4n) is 3.58. The van der Waals surface area contributed by atoms with Gasteiger partial charge in [0, 0.05) is 18.5 Å². The summed E-state index contributed by atoms with van der Waals surface area (Å²) in [5.74, 6) is 0. The average Bonchev–Trinajstić information content (AvgIpc) is 3.16. The molecule has 1 aliphatic heterocycles. The van der Waals surface area contributed by atoms with E-state index in [1.165, 1.54) is 9.18 Å². The highest BCUT2D eigenvalue weighted by Crippen LogP contribution is 2.40. The van der Waals surface area contributed by atoms with Gasteiger partial charge in [0.2, 0.25) is 0 Å². The second kappa shape index (κ2) is 7.11. The summed E-state index contributed by atoms with van der Waals surface area (Å²) in [6.07, 6.45) is 0.917. The van der Waals surface area contributed by atoms with Crippen LogP contribution in [0.2, 0.25) is 0 Å². The Hall–Kier alpha value is -2.15. The molecule has 1 unspecified atom stereocenters. The topological polar surface area (TPSA) is 49.4 Å². The van der Waals surface area contributed by atoms with Gasteiger partial charge in [-0.3, -0.25) is 4.31 Å². The highest BCUT2D eigenvalue weighted by molar-refractivity contribution is 7.92. The highest BCUT2D eigenvalue weighted by atomic mass is 32.2. The van der Waals surface area contributed by atoms with Crippen molar-refractivity contribution in [2.45, 2.75) is 24.3 Å². The minimum absolute atomic E-state index is 0.170. The third kappa shape index (κ3) is 3.29. The van der Waals surface area contributed by atoms with Crippen LogP contribution in [0, 0.1) is 6.92 Å². The Morgan fingerprint density at radius 1 is 1.07 bits per heavy atom. The molecule has 0 spiro atoms. The van der Waals surface area contributed by atoms with Gasteiger partial charge in [-0.05, 0) is 53.6 Å². The molecule has 0 bridgehead atoms. The molecule has 4 nitrogen and oxygen atoms in total. The van der Waals surface area contributed by atoms with Crippen LogP contribution < -0.4 is 9.62 Å². The summed E-state index contributed by atoms with van der Waals surface area (Å²) in [5.41, 5.74) is 3.45. The predicted octanol–water partition coefficient (Wildman–Crippen LogP) is 4.12. The van der Waals surface area contributed by atoms with E-state index in [1.807, 2.05) is 43.3 Å². The van der Waals surface area contributed by atoms with Gasteiger partial charge in [0.25, 0.3) is 10.0 Å². The van der Waals surface area contributed by atoms with Crippen molar-refractivity contribution in [2.75, 3.05) is 17.9 Å². The number of hydrogen-bond donors (Lipinski definition) is 1. The Kier molecular flexibility index (Phi) is 4.80. The summed E-state index contributed by atoms with van der Waals surface area (Å²) in [6.45, 7) is 2.70. The Bertz CT molecular complexity index is 1060. The molecule has 0 aliphatic carbocycles. The Labute approximate surface area is 164 Å². The van der Waals surface area contributed by atoms with Crippen molar-refractivity contribution in [1.29, 1.82) is 0 Å². The predicted molar refractivity (Wildman–Crippen MR) is 111 cm³/mol. The Morgan fingerprint density at radius 3 is 2.67 bits per heavy atom. The first-order chi connectivity index (χ1) is 13.0. The van der Waals surface area contributed by atoms with E-state index < -0.39 is 10.0 Å². The fraction of sp³-hybridized carbons (Fsp3) is 0.238. The minimum Gasteiger partial charge on any atom is -0.306 e. The molecular formula is C21H22N2O2S2. The van der Waals surface area contributed by atoms with Crippen molar-refractivity contribution in [2.24, 2.45) is 0 Å². The van der Waals surface area contributed by atoms with Crippen LogP contribution in [-0.2, 0) is 16.4 Å². The molecule has 0 amide bonds. The lowest BCUT2D eigenvalue weighted by Crippen LogP contribution is -2.26. The zero-order chi connectivity index (χ0) is 19.0. The normalized spacial score (nSPS) is 17.9. The molecule has 2 heterocycles. The Morgan fingerprint density at radius 2 is 1.89 bits per heavy atom. The summed E-state index contributed by atoms with van der Waals surface area (Å²) < 4.78 is 27.9. The van der Waals surface area contributed by atoms with Crippen LogP contribution in [0.25, 0.3) is 0 Å². The number of sulfonamides is 1. The van der Waals surface area contributed by atoms with E-state index in [9.17, 15) is 8.42 Å². The first-order valence-electron chi connectivity index (χ1n) is 8.92. The van der Waals surface area contributed by atoms with E-state index in [2.05, 4.69) is 22.8 Å². The number of aryl methyl sites for hydroxylation is 1. The highest BCUT2D eigenvalue weighted by Gasteiger charge is 2.34. The van der Waals surface area contributed by atoms with Crippen molar-refractivity contribution in [3.63, 3.8) is 0 Å². The third-order valence-corrected chi connectivity index (χ3v) is 7.77. The van der Waals surface area contributed by atoms with E-state index >= 15 is 0 Å². The van der Waals surface area contributed by atoms with Gasteiger partial charge in [-0.15, -0.1) is 11.3 Å². The maximum atomic E-state index is 13.2. The van der Waals surface area contributed by atoms with Crippen molar-refractivity contribution in [1.82, 2.24) is 5.32 Å². The van der Waals surface area contributed by atoms with E-state index in [-0.39, 0.29) is 6.04 Å². The average molecular weight is 399 g/mol. The summed E-state index contributed by atoms with van der Waals surface area (Å²) in [5, 5.41) is 5.68. The van der Waals surface area contributed by atoms with Crippen molar-refractivity contribution < 1.29 is 8.42 Å². The molecule has 0 fully saturated rings. The van der Waals surface area contributed by atoms with Crippen LogP contribution in [0.15, 0.2) is 64.9 Å².